The van der Waals surface area contributed by atoms with Crippen LogP contribution in [0, 0.1) is 13.2 Å². The molecule has 1 aromatic heterocycles. The van der Waals surface area contributed by atoms with E-state index >= 15 is 0 Å². The van der Waals surface area contributed by atoms with Crippen molar-refractivity contribution in [2.45, 2.75) is 72.1 Å². The van der Waals surface area contributed by atoms with E-state index in [0.29, 0.717) is 4.41 Å². The van der Waals surface area contributed by atoms with Crippen LogP contribution in [0.5, 0.6) is 11.7 Å². The standard InChI is InChI=1S/C25H30NO5.C2H4N.C2H6.V.W/c1-16-12-18-19(25(4,5)11-10-24(18,2)3)13-21(16)31-22-9-8-20(30-22)23(27)26-17(14-28-6)15-29-7;1-3-2;1-2;;/h8-9,12-13H,10-11H2,1-7H3,(H,26,27);3H,1H3;1-2H3;;/q2*-1;;;. The predicted molar refractivity (Wildman–Crippen MR) is 144 cm³/mol. The summed E-state index contributed by atoms with van der Waals surface area (Å²) in [4.78, 5) is 12.6. The zero-order chi connectivity index (χ0) is 29.1. The average Bonchev–Trinajstić information content (AvgIpc) is 3.37. The minimum atomic E-state index is -0.468. The summed E-state index contributed by atoms with van der Waals surface area (Å²) in [6, 6.07) is 7.54. The number of methoxy groups -OCH3 is 2. The molecule has 0 saturated heterocycles. The second kappa shape index (κ2) is 15.7. The first-order valence-corrected chi connectivity index (χ1v) is 14.6. The molecule has 1 aliphatic rings. The predicted octanol–water partition coefficient (Wildman–Crippen LogP) is 5.49. The number of fused-ring (bicyclic) bond motifs is 1. The molecule has 3 rings (SSSR count). The van der Waals surface area contributed by atoms with Gasteiger partial charge in [0.15, 0.2) is 0 Å². The Morgan fingerprint density at radius 3 is 2.13 bits per heavy atom. The molecule has 0 fully saturated rings. The monoisotopic (exact) mass is 731 g/mol. The number of aryl methyl sites for hydroxylation is 1. The molecular weight excluding hydrogens is 691 g/mol. The van der Waals surface area contributed by atoms with E-state index in [1.54, 1.807) is 12.1 Å². The maximum atomic E-state index is 12.6. The zero-order valence-corrected chi connectivity index (χ0v) is 28.5. The zero-order valence-electron chi connectivity index (χ0n) is 24.1. The van der Waals surface area contributed by atoms with Gasteiger partial charge >= 0.3 is 189 Å². The number of hydrogen-bond acceptors (Lipinski definition) is 6. The minimum absolute atomic E-state index is 0.0691. The van der Waals surface area contributed by atoms with Gasteiger partial charge in [0.2, 0.25) is 0 Å². The molecule has 209 valence electrons. The third kappa shape index (κ3) is 9.17. The molecule has 1 aromatic carbocycles. The summed E-state index contributed by atoms with van der Waals surface area (Å²) in [7, 11) is 4.76. The summed E-state index contributed by atoms with van der Waals surface area (Å²) in [5.41, 5.74) is 4.15. The average molecular weight is 731 g/mol. The normalized spacial score (nSPS) is 14.9. The molecule has 0 spiro atoms. The van der Waals surface area contributed by atoms with Crippen LogP contribution in [-0.2, 0) is 56.6 Å². The first kappa shape index (κ1) is 34.3. The van der Waals surface area contributed by atoms with Gasteiger partial charge in [-0.2, -0.15) is 0 Å². The third-order valence-corrected chi connectivity index (χ3v) is 7.48. The molecule has 1 amide bonds. The first-order chi connectivity index (χ1) is 17.9. The van der Waals surface area contributed by atoms with Crippen molar-refractivity contribution in [1.82, 2.24) is 10.6 Å². The van der Waals surface area contributed by atoms with Gasteiger partial charge in [-0.05, 0) is 18.3 Å². The van der Waals surface area contributed by atoms with E-state index in [9.17, 15) is 4.79 Å². The second-order valence-electron chi connectivity index (χ2n) is 9.65. The van der Waals surface area contributed by atoms with Crippen LogP contribution in [-0.4, -0.2) is 36.1 Å². The van der Waals surface area contributed by atoms with Crippen molar-refractivity contribution in [3.8, 4) is 11.7 Å². The molecule has 2 N–H and O–H groups in total. The molecule has 7 nitrogen and oxygen atoms in total. The van der Waals surface area contributed by atoms with Crippen LogP contribution in [0.25, 0.3) is 0 Å². The Bertz CT molecular complexity index is 1140. The molecule has 0 atom stereocenters. The van der Waals surface area contributed by atoms with E-state index in [0.717, 1.165) is 24.2 Å². The Balaban J connectivity index is 0.00000110. The van der Waals surface area contributed by atoms with Crippen molar-refractivity contribution in [3.05, 3.63) is 58.7 Å². The van der Waals surface area contributed by atoms with Crippen molar-refractivity contribution in [3.63, 3.8) is 0 Å². The van der Waals surface area contributed by atoms with Crippen LogP contribution in [0.3, 0.4) is 0 Å². The SMILES string of the molecule is CC.CN[C-]=[W].CO[C-]=C(NC(=O)c1ccc(Oc2cc3c(cc2C)C(C)(C)CCC3(C)C)o1)[C](=[V])OC. The van der Waals surface area contributed by atoms with E-state index in [2.05, 4.69) is 78.2 Å². The Hall–Kier alpha value is -1.76. The summed E-state index contributed by atoms with van der Waals surface area (Å²) in [5.74, 6) is 0.606. The van der Waals surface area contributed by atoms with Crippen LogP contribution in [0.2, 0.25) is 0 Å². The number of rotatable bonds is 8. The van der Waals surface area contributed by atoms with E-state index in [-0.39, 0.29) is 28.2 Å². The van der Waals surface area contributed by atoms with Gasteiger partial charge in [0.1, 0.15) is 0 Å². The molecule has 0 saturated carbocycles. The summed E-state index contributed by atoms with van der Waals surface area (Å²) < 4.78 is 24.9. The molecule has 0 aliphatic heterocycles. The van der Waals surface area contributed by atoms with Crippen LogP contribution < -0.4 is 15.4 Å². The van der Waals surface area contributed by atoms with Gasteiger partial charge < -0.3 is 0 Å². The molecule has 1 aliphatic carbocycles. The number of furan rings is 1. The molecule has 0 bridgehead atoms. The summed E-state index contributed by atoms with van der Waals surface area (Å²) >= 11 is 3.54. The molecule has 38 heavy (non-hydrogen) atoms. The molecule has 0 radical (unpaired) electrons. The number of nitrogens with one attached hydrogen (secondary N) is 2. The molecule has 1 heterocycles. The molecule has 9 heteroatoms. The van der Waals surface area contributed by atoms with Gasteiger partial charge in [-0.1, -0.05) is 41.5 Å². The van der Waals surface area contributed by atoms with Crippen molar-refractivity contribution >= 4 is 14.8 Å². The maximum absolute atomic E-state index is 12.6. The fraction of sp³-hybridized carbons (Fsp3) is 0.483. The van der Waals surface area contributed by atoms with Gasteiger partial charge in [-0.25, -0.2) is 0 Å². The number of hydrogen-bond donors (Lipinski definition) is 2. The summed E-state index contributed by atoms with van der Waals surface area (Å²) in [6.07, 6.45) is 4.83. The number of ether oxygens (including phenoxy) is 3. The Labute approximate surface area is 248 Å². The Morgan fingerprint density at radius 2 is 1.63 bits per heavy atom. The fourth-order valence-corrected chi connectivity index (χ4v) is 4.08. The molecule has 0 unspecified atom stereocenters. The Morgan fingerprint density at radius 1 is 1.08 bits per heavy atom. The van der Waals surface area contributed by atoms with Gasteiger partial charge in [-0.3, -0.25) is 0 Å². The molecule has 2 aromatic rings. The number of carbonyl (C=O) groups excluding carboxylic acids is 1. The van der Waals surface area contributed by atoms with E-state index in [1.165, 1.54) is 44.7 Å². The topological polar surface area (TPSA) is 82.0 Å². The van der Waals surface area contributed by atoms with Crippen LogP contribution in [0.4, 0.5) is 0 Å². The van der Waals surface area contributed by atoms with Crippen molar-refractivity contribution in [1.29, 1.82) is 0 Å². The van der Waals surface area contributed by atoms with E-state index < -0.39 is 5.91 Å². The number of amides is 1. The number of benzene rings is 1. The van der Waals surface area contributed by atoms with Crippen molar-refractivity contribution in [2.75, 3.05) is 21.3 Å². The number of carbonyl (C=O) groups is 1. The van der Waals surface area contributed by atoms with E-state index in [4.69, 9.17) is 18.6 Å². The van der Waals surface area contributed by atoms with Crippen LogP contribution in [0.1, 0.15) is 81.6 Å². The summed E-state index contributed by atoms with van der Waals surface area (Å²) in [6.45, 7) is 15.2. The van der Waals surface area contributed by atoms with Gasteiger partial charge in [0, 0.05) is 0 Å². The molecular formula is C29H40N2O5VW-2. The van der Waals surface area contributed by atoms with Crippen molar-refractivity contribution in [2.24, 2.45) is 0 Å². The first-order valence-electron chi connectivity index (χ1n) is 12.4. The van der Waals surface area contributed by atoms with Gasteiger partial charge in [0.25, 0.3) is 0 Å². The second-order valence-corrected chi connectivity index (χ2v) is 11.0. The fourth-order valence-electron chi connectivity index (χ4n) is 3.92. The third-order valence-electron chi connectivity index (χ3n) is 6.12. The Kier molecular flexibility index (Phi) is 14.2. The van der Waals surface area contributed by atoms with Gasteiger partial charge in [0.05, 0.1) is 0 Å². The quantitative estimate of drug-likeness (QED) is 0.213. The van der Waals surface area contributed by atoms with Crippen LogP contribution in [0.15, 0.2) is 34.4 Å². The summed E-state index contributed by atoms with van der Waals surface area (Å²) in [5, 5.41) is 5.37. The van der Waals surface area contributed by atoms with Crippen LogP contribution >= 0.6 is 0 Å². The van der Waals surface area contributed by atoms with E-state index in [1.807, 2.05) is 27.8 Å². The van der Waals surface area contributed by atoms with Crippen molar-refractivity contribution < 1.29 is 59.8 Å². The van der Waals surface area contributed by atoms with Gasteiger partial charge in [-0.15, -0.1) is 0 Å².